The molecule has 1 atom stereocenters. The number of fused-ring (bicyclic) bond motifs is 1. The Bertz CT molecular complexity index is 1580. The molecule has 0 radical (unpaired) electrons. The molecule has 0 fully saturated rings. The Morgan fingerprint density at radius 3 is 2.20 bits per heavy atom. The third kappa shape index (κ3) is 8.94. The number of aromatic nitrogens is 4. The van der Waals surface area contributed by atoms with E-state index in [1.54, 1.807) is 45.0 Å². The first-order valence-electron chi connectivity index (χ1n) is 14.8. The van der Waals surface area contributed by atoms with E-state index in [1.807, 2.05) is 27.7 Å². The van der Waals surface area contributed by atoms with Crippen LogP contribution in [0.5, 0.6) is 5.75 Å². The molecular formula is C30H43N7O7. The molecule has 44 heavy (non-hydrogen) atoms. The van der Waals surface area contributed by atoms with Crippen LogP contribution in [0.1, 0.15) is 67.7 Å². The van der Waals surface area contributed by atoms with Crippen molar-refractivity contribution in [2.45, 2.75) is 92.5 Å². The lowest BCUT2D eigenvalue weighted by Gasteiger charge is -2.24. The zero-order valence-corrected chi connectivity index (χ0v) is 26.4. The minimum atomic E-state index is -0.914. The Morgan fingerprint density at radius 1 is 0.977 bits per heavy atom. The van der Waals surface area contributed by atoms with E-state index in [0.717, 1.165) is 0 Å². The lowest BCUT2D eigenvalue weighted by atomic mass is 10.0. The van der Waals surface area contributed by atoms with E-state index in [9.17, 15) is 24.0 Å². The van der Waals surface area contributed by atoms with Crippen LogP contribution in [0.15, 0.2) is 33.9 Å². The number of rotatable bonds is 12. The van der Waals surface area contributed by atoms with E-state index < -0.39 is 41.7 Å². The second kappa shape index (κ2) is 14.7. The molecule has 0 saturated heterocycles. The summed E-state index contributed by atoms with van der Waals surface area (Å²) in [5.74, 6) is -0.331. The van der Waals surface area contributed by atoms with Crippen LogP contribution >= 0.6 is 0 Å². The van der Waals surface area contributed by atoms with E-state index in [4.69, 9.17) is 9.47 Å². The zero-order valence-electron chi connectivity index (χ0n) is 26.4. The number of alkyl carbamates (subject to hydrolysis) is 1. The highest BCUT2D eigenvalue weighted by Crippen LogP contribution is 2.22. The summed E-state index contributed by atoms with van der Waals surface area (Å²) in [6, 6.07) is 5.76. The largest absolute Gasteiger partial charge is 0.484 e. The smallest absolute Gasteiger partial charge is 0.408 e. The quantitative estimate of drug-likeness (QED) is 0.225. The molecule has 2 aromatic heterocycles. The van der Waals surface area contributed by atoms with Crippen molar-refractivity contribution < 1.29 is 23.9 Å². The van der Waals surface area contributed by atoms with Crippen LogP contribution in [-0.2, 0) is 27.4 Å². The monoisotopic (exact) mass is 613 g/mol. The molecule has 14 heteroatoms. The van der Waals surface area contributed by atoms with Crippen molar-refractivity contribution in [2.75, 3.05) is 6.61 Å². The van der Waals surface area contributed by atoms with E-state index >= 15 is 0 Å². The number of carbonyl (C=O) groups is 3. The molecule has 1 aromatic carbocycles. The van der Waals surface area contributed by atoms with E-state index in [-0.39, 0.29) is 17.1 Å². The molecule has 0 aliphatic rings. The molecule has 0 aliphatic heterocycles. The zero-order chi connectivity index (χ0) is 32.6. The van der Waals surface area contributed by atoms with Crippen molar-refractivity contribution in [3.8, 4) is 17.1 Å². The van der Waals surface area contributed by atoms with Crippen molar-refractivity contribution >= 4 is 29.1 Å². The number of ether oxygens (including phenoxy) is 2. The molecule has 0 unspecified atom stereocenters. The number of aromatic amines is 1. The summed E-state index contributed by atoms with van der Waals surface area (Å²) in [5, 5.41) is 2.54. The maximum Gasteiger partial charge on any atom is 0.408 e. The van der Waals surface area contributed by atoms with Gasteiger partial charge in [-0.15, -0.1) is 0 Å². The van der Waals surface area contributed by atoms with Gasteiger partial charge in [-0.05, 0) is 70.2 Å². The molecule has 3 amide bonds. The maximum absolute atomic E-state index is 13.0. The van der Waals surface area contributed by atoms with Crippen molar-refractivity contribution in [3.63, 3.8) is 0 Å². The lowest BCUT2D eigenvalue weighted by molar-refractivity contribution is -0.131. The number of amides is 3. The molecule has 3 rings (SSSR count). The van der Waals surface area contributed by atoms with Gasteiger partial charge in [0.05, 0.1) is 0 Å². The Kier molecular flexibility index (Phi) is 11.3. The van der Waals surface area contributed by atoms with Gasteiger partial charge in [-0.1, -0.05) is 27.7 Å². The number of nitrogens with one attached hydrogen (secondary N) is 4. The van der Waals surface area contributed by atoms with Crippen LogP contribution in [0.4, 0.5) is 4.79 Å². The minimum absolute atomic E-state index is 0.0864. The highest BCUT2D eigenvalue weighted by molar-refractivity contribution is 5.88. The normalized spacial score (nSPS) is 12.2. The first-order chi connectivity index (χ1) is 20.7. The summed E-state index contributed by atoms with van der Waals surface area (Å²) in [6.07, 6.45) is 0.944. The minimum Gasteiger partial charge on any atom is -0.484 e. The third-order valence-electron chi connectivity index (χ3n) is 6.29. The van der Waals surface area contributed by atoms with Gasteiger partial charge < -0.3 is 19.8 Å². The summed E-state index contributed by atoms with van der Waals surface area (Å²) >= 11 is 0. The molecule has 0 bridgehead atoms. The SMILES string of the molecule is CCCn1c(=O)c2[nH]c(-c3ccc(OCC(=O)NNC(=O)[C@H](CC(C)C)NC(=O)OC(C)(C)C)cc3)nc2n(CCC)c1=O. The standard InChI is InChI=1S/C30H43N7O7/c1-8-14-36-25-23(27(40)37(15-9-2)29(36)42)32-24(33-25)19-10-12-20(13-11-19)43-17-22(38)34-35-26(39)21(16-18(3)4)31-28(41)44-30(5,6)7/h10-13,18,21H,8-9,14-17H2,1-7H3,(H,31,41)(H,32,33)(H,34,38)(H,35,39)/t21-/m0/s1. The fourth-order valence-electron chi connectivity index (χ4n) is 4.41. The van der Waals surface area contributed by atoms with Crippen LogP contribution in [0.2, 0.25) is 0 Å². The first kappa shape index (κ1) is 33.9. The van der Waals surface area contributed by atoms with Crippen LogP contribution in [0, 0.1) is 5.92 Å². The number of H-pyrrole nitrogens is 1. The van der Waals surface area contributed by atoms with Gasteiger partial charge in [0.15, 0.2) is 12.3 Å². The van der Waals surface area contributed by atoms with Gasteiger partial charge in [0, 0.05) is 18.7 Å². The summed E-state index contributed by atoms with van der Waals surface area (Å²) in [5.41, 5.74) is 4.31. The summed E-state index contributed by atoms with van der Waals surface area (Å²) in [4.78, 5) is 70.7. The molecular weight excluding hydrogens is 570 g/mol. The Labute approximate surface area is 255 Å². The van der Waals surface area contributed by atoms with Gasteiger partial charge in [0.2, 0.25) is 0 Å². The van der Waals surface area contributed by atoms with E-state index in [2.05, 4.69) is 26.1 Å². The van der Waals surface area contributed by atoms with Crippen molar-refractivity contribution in [1.82, 2.24) is 35.3 Å². The summed E-state index contributed by atoms with van der Waals surface area (Å²) < 4.78 is 13.5. The predicted octanol–water partition coefficient (Wildman–Crippen LogP) is 2.84. The van der Waals surface area contributed by atoms with Gasteiger partial charge in [0.1, 0.15) is 28.7 Å². The third-order valence-corrected chi connectivity index (χ3v) is 6.29. The van der Waals surface area contributed by atoms with Crippen LogP contribution < -0.4 is 32.2 Å². The highest BCUT2D eigenvalue weighted by atomic mass is 16.6. The Balaban J connectivity index is 1.63. The Morgan fingerprint density at radius 2 is 1.61 bits per heavy atom. The lowest BCUT2D eigenvalue weighted by Crippen LogP contribution is -2.54. The molecule has 4 N–H and O–H groups in total. The van der Waals surface area contributed by atoms with Crippen LogP contribution in [-0.4, -0.2) is 55.3 Å². The second-order valence-corrected chi connectivity index (χ2v) is 11.9. The van der Waals surface area contributed by atoms with Crippen LogP contribution in [0.3, 0.4) is 0 Å². The number of aryl methyl sites for hydroxylation is 1. The average molecular weight is 614 g/mol. The number of benzene rings is 1. The molecule has 14 nitrogen and oxygen atoms in total. The number of hydrazine groups is 1. The van der Waals surface area contributed by atoms with Gasteiger partial charge in [-0.3, -0.25) is 34.4 Å². The topological polar surface area (TPSA) is 178 Å². The van der Waals surface area contributed by atoms with Crippen LogP contribution in [0.25, 0.3) is 22.6 Å². The number of hydrogen-bond acceptors (Lipinski definition) is 8. The number of nitrogens with zero attached hydrogens (tertiary/aromatic N) is 3. The van der Waals surface area contributed by atoms with Crippen molar-refractivity contribution in [1.29, 1.82) is 0 Å². The first-order valence-corrected chi connectivity index (χ1v) is 14.8. The average Bonchev–Trinajstić information content (AvgIpc) is 3.39. The molecule has 0 spiro atoms. The van der Waals surface area contributed by atoms with Gasteiger partial charge >= 0.3 is 11.8 Å². The summed E-state index contributed by atoms with van der Waals surface area (Å²) in [7, 11) is 0. The molecule has 240 valence electrons. The van der Waals surface area contributed by atoms with Crippen molar-refractivity contribution in [2.24, 2.45) is 5.92 Å². The predicted molar refractivity (Wildman–Crippen MR) is 165 cm³/mol. The summed E-state index contributed by atoms with van der Waals surface area (Å²) in [6.45, 7) is 13.2. The molecule has 2 heterocycles. The van der Waals surface area contributed by atoms with Gasteiger partial charge in [0.25, 0.3) is 17.4 Å². The Hall–Kier alpha value is -4.62. The number of hydrogen-bond donors (Lipinski definition) is 4. The highest BCUT2D eigenvalue weighted by Gasteiger charge is 2.25. The molecule has 0 saturated carbocycles. The van der Waals surface area contributed by atoms with E-state index in [0.29, 0.717) is 55.1 Å². The molecule has 3 aromatic rings. The number of imidazole rings is 1. The van der Waals surface area contributed by atoms with E-state index in [1.165, 1.54) is 9.13 Å². The fraction of sp³-hybridized carbons (Fsp3) is 0.533. The maximum atomic E-state index is 13.0. The second-order valence-electron chi connectivity index (χ2n) is 11.9. The number of carbonyl (C=O) groups excluding carboxylic acids is 3. The van der Waals surface area contributed by atoms with Gasteiger partial charge in [-0.2, -0.15) is 0 Å². The van der Waals surface area contributed by atoms with Gasteiger partial charge in [-0.25, -0.2) is 14.6 Å². The molecule has 0 aliphatic carbocycles. The van der Waals surface area contributed by atoms with Crippen molar-refractivity contribution in [3.05, 3.63) is 45.1 Å². The fourth-order valence-corrected chi connectivity index (χ4v) is 4.41.